The van der Waals surface area contributed by atoms with Crippen LogP contribution in [0, 0.1) is 44.8 Å². The summed E-state index contributed by atoms with van der Waals surface area (Å²) in [4.78, 5) is 37.2. The first kappa shape index (κ1) is 17.8. The van der Waals surface area contributed by atoms with Gasteiger partial charge in [0.25, 0.3) is 0 Å². The normalized spacial score (nSPS) is 35.0. The van der Waals surface area contributed by atoms with Crippen molar-refractivity contribution < 1.29 is 19.5 Å². The molecule has 0 bridgehead atoms. The number of fused-ring (bicyclic) bond motifs is 3. The van der Waals surface area contributed by atoms with Crippen molar-refractivity contribution >= 4 is 17.5 Å². The van der Waals surface area contributed by atoms with Gasteiger partial charge in [-0.3, -0.25) is 14.4 Å². The van der Waals surface area contributed by atoms with Crippen LogP contribution in [0.3, 0.4) is 0 Å². The maximum Gasteiger partial charge on any atom is 0.317 e. The van der Waals surface area contributed by atoms with Crippen molar-refractivity contribution in [2.45, 2.75) is 33.6 Å². The smallest absolute Gasteiger partial charge is 0.317 e. The molecular formula is C20H18N2O4. The fourth-order valence-electron chi connectivity index (χ4n) is 5.05. The van der Waals surface area contributed by atoms with Crippen LogP contribution in [0.5, 0.6) is 0 Å². The Bertz CT molecular complexity index is 938. The summed E-state index contributed by atoms with van der Waals surface area (Å²) in [7, 11) is 0. The molecule has 0 saturated heterocycles. The Morgan fingerprint density at radius 2 is 1.77 bits per heavy atom. The fraction of sp³-hybridized carbons (Fsp3) is 0.450. The number of carbonyl (C=O) groups is 3. The minimum absolute atomic E-state index is 0.0154. The highest BCUT2D eigenvalue weighted by Crippen LogP contribution is 2.63. The number of carboxylic acid groups (broad SMARTS) is 1. The minimum Gasteiger partial charge on any atom is -0.480 e. The second-order valence-electron chi connectivity index (χ2n) is 7.96. The third kappa shape index (κ3) is 1.99. The van der Waals surface area contributed by atoms with Crippen LogP contribution in [-0.2, 0) is 14.4 Å². The first-order valence-electron chi connectivity index (χ1n) is 8.35. The maximum absolute atomic E-state index is 12.7. The number of carboxylic acids is 1. The molecule has 26 heavy (non-hydrogen) atoms. The summed E-state index contributed by atoms with van der Waals surface area (Å²) in [6.45, 7) is 5.31. The van der Waals surface area contributed by atoms with Crippen LogP contribution in [0.25, 0.3) is 0 Å². The van der Waals surface area contributed by atoms with Crippen molar-refractivity contribution in [3.05, 3.63) is 34.9 Å². The molecule has 1 fully saturated rings. The molecule has 0 spiro atoms. The van der Waals surface area contributed by atoms with Gasteiger partial charge >= 0.3 is 5.97 Å². The molecule has 0 aromatic rings. The molecule has 3 aliphatic carbocycles. The monoisotopic (exact) mass is 350 g/mol. The molecule has 0 heterocycles. The SMILES string of the molecule is CC1(C)C(=O)C(C#N)=CC2(C)C3=CC(=O)C(C#N)=CC3(C(=O)O)CC[C@@H]12. The van der Waals surface area contributed by atoms with E-state index in [1.807, 2.05) is 6.07 Å². The van der Waals surface area contributed by atoms with Gasteiger partial charge in [-0.15, -0.1) is 0 Å². The van der Waals surface area contributed by atoms with E-state index in [2.05, 4.69) is 0 Å². The zero-order valence-corrected chi connectivity index (χ0v) is 14.8. The van der Waals surface area contributed by atoms with E-state index in [-0.39, 0.29) is 29.3 Å². The zero-order valence-electron chi connectivity index (χ0n) is 14.8. The van der Waals surface area contributed by atoms with E-state index < -0.39 is 28.0 Å². The molecule has 6 heteroatoms. The van der Waals surface area contributed by atoms with E-state index in [0.717, 1.165) is 0 Å². The van der Waals surface area contributed by atoms with Crippen LogP contribution in [0.1, 0.15) is 33.6 Å². The lowest BCUT2D eigenvalue weighted by molar-refractivity contribution is -0.148. The molecule has 0 aromatic carbocycles. The van der Waals surface area contributed by atoms with E-state index in [9.17, 15) is 30.0 Å². The third-order valence-electron chi connectivity index (χ3n) is 6.31. The number of hydrogen-bond donors (Lipinski definition) is 1. The van der Waals surface area contributed by atoms with E-state index in [1.165, 1.54) is 18.2 Å². The van der Waals surface area contributed by atoms with Crippen molar-refractivity contribution in [1.29, 1.82) is 10.5 Å². The number of rotatable bonds is 1. The molecule has 3 atom stereocenters. The summed E-state index contributed by atoms with van der Waals surface area (Å²) in [5.74, 6) is -2.18. The second-order valence-corrected chi connectivity index (χ2v) is 7.96. The Morgan fingerprint density at radius 1 is 1.15 bits per heavy atom. The molecule has 2 unspecified atom stereocenters. The molecule has 0 aliphatic heterocycles. The van der Waals surface area contributed by atoms with Gasteiger partial charge in [-0.2, -0.15) is 10.5 Å². The van der Waals surface area contributed by atoms with Crippen LogP contribution in [0.4, 0.5) is 0 Å². The largest absolute Gasteiger partial charge is 0.480 e. The number of allylic oxidation sites excluding steroid dienone is 4. The van der Waals surface area contributed by atoms with Gasteiger partial charge in [-0.1, -0.05) is 26.8 Å². The first-order valence-corrected chi connectivity index (χ1v) is 8.35. The summed E-state index contributed by atoms with van der Waals surface area (Å²) in [6.07, 6.45) is 4.62. The number of ketones is 2. The molecular weight excluding hydrogens is 332 g/mol. The minimum atomic E-state index is -1.47. The van der Waals surface area contributed by atoms with Gasteiger partial charge in [0.2, 0.25) is 0 Å². The van der Waals surface area contributed by atoms with E-state index in [4.69, 9.17) is 0 Å². The van der Waals surface area contributed by atoms with Gasteiger partial charge in [0.05, 0.1) is 11.1 Å². The van der Waals surface area contributed by atoms with Crippen molar-refractivity contribution in [3.8, 4) is 12.1 Å². The number of carbonyl (C=O) groups excluding carboxylic acids is 2. The van der Waals surface area contributed by atoms with Crippen molar-refractivity contribution in [2.75, 3.05) is 0 Å². The molecule has 1 saturated carbocycles. The van der Waals surface area contributed by atoms with Gasteiger partial charge in [-0.05, 0) is 36.5 Å². The summed E-state index contributed by atoms with van der Waals surface area (Å²) < 4.78 is 0. The molecule has 3 aliphatic rings. The van der Waals surface area contributed by atoms with Crippen LogP contribution >= 0.6 is 0 Å². The Morgan fingerprint density at radius 3 is 2.31 bits per heavy atom. The van der Waals surface area contributed by atoms with Crippen LogP contribution in [0.15, 0.2) is 34.9 Å². The average Bonchev–Trinajstić information content (AvgIpc) is 2.58. The number of hydrogen-bond acceptors (Lipinski definition) is 5. The van der Waals surface area contributed by atoms with Gasteiger partial charge < -0.3 is 5.11 Å². The number of nitriles is 2. The summed E-state index contributed by atoms with van der Waals surface area (Å²) >= 11 is 0. The Kier molecular flexibility index (Phi) is 3.60. The standard InChI is InChI=1S/C20H18N2O4/c1-18(2)14-4-5-20(17(25)26)8-11(9-21)13(23)6-15(20)19(14,3)7-12(10-22)16(18)24/h6-8,14H,4-5H2,1-3H3,(H,25,26)/t14-,19?,20?/m0/s1. The number of Topliss-reactive ketones (excluding diaryl/α,β-unsaturated/α-hetero) is 1. The second kappa shape index (κ2) is 5.25. The molecule has 1 N–H and O–H groups in total. The van der Waals surface area contributed by atoms with Gasteiger partial charge in [0.1, 0.15) is 17.6 Å². The first-order chi connectivity index (χ1) is 12.0. The molecule has 0 radical (unpaired) electrons. The molecule has 132 valence electrons. The third-order valence-corrected chi connectivity index (χ3v) is 6.31. The van der Waals surface area contributed by atoms with Crippen LogP contribution in [0.2, 0.25) is 0 Å². The van der Waals surface area contributed by atoms with Crippen LogP contribution < -0.4 is 0 Å². The average molecular weight is 350 g/mol. The summed E-state index contributed by atoms with van der Waals surface area (Å²) in [5, 5.41) is 28.6. The Balaban J connectivity index is 2.33. The van der Waals surface area contributed by atoms with Gasteiger partial charge in [0.15, 0.2) is 11.6 Å². The number of nitrogens with zero attached hydrogens (tertiary/aromatic N) is 2. The summed E-state index contributed by atoms with van der Waals surface area (Å²) in [6, 6.07) is 3.70. The van der Waals surface area contributed by atoms with Crippen LogP contribution in [-0.4, -0.2) is 22.6 Å². The Hall–Kier alpha value is -2.99. The summed E-state index contributed by atoms with van der Waals surface area (Å²) in [5.41, 5.74) is -3.12. The van der Waals surface area contributed by atoms with Gasteiger partial charge in [-0.25, -0.2) is 0 Å². The lowest BCUT2D eigenvalue weighted by Crippen LogP contribution is -2.55. The lowest BCUT2D eigenvalue weighted by atomic mass is 9.45. The van der Waals surface area contributed by atoms with E-state index in [0.29, 0.717) is 12.0 Å². The lowest BCUT2D eigenvalue weighted by Gasteiger charge is -2.56. The molecule has 6 nitrogen and oxygen atoms in total. The molecule has 0 aromatic heterocycles. The van der Waals surface area contributed by atoms with Crippen molar-refractivity contribution in [1.82, 2.24) is 0 Å². The Labute approximate surface area is 151 Å². The molecule has 3 rings (SSSR count). The highest BCUT2D eigenvalue weighted by molar-refractivity contribution is 6.11. The highest BCUT2D eigenvalue weighted by atomic mass is 16.4. The quantitative estimate of drug-likeness (QED) is 0.776. The molecule has 0 amide bonds. The van der Waals surface area contributed by atoms with Crippen molar-refractivity contribution in [3.63, 3.8) is 0 Å². The predicted octanol–water partition coefficient (Wildman–Crippen LogP) is 2.49. The topological polar surface area (TPSA) is 119 Å². The predicted molar refractivity (Wildman–Crippen MR) is 90.2 cm³/mol. The zero-order chi connectivity index (χ0) is 19.5. The van der Waals surface area contributed by atoms with E-state index >= 15 is 0 Å². The van der Waals surface area contributed by atoms with E-state index in [1.54, 1.807) is 26.8 Å². The maximum atomic E-state index is 12.7. The fourth-order valence-corrected chi connectivity index (χ4v) is 5.05. The van der Waals surface area contributed by atoms with Gasteiger partial charge in [0, 0.05) is 10.8 Å². The highest BCUT2D eigenvalue weighted by Gasteiger charge is 2.62. The van der Waals surface area contributed by atoms with Crippen molar-refractivity contribution in [2.24, 2.45) is 22.2 Å². The number of aliphatic carboxylic acids is 1.